The molecule has 0 N–H and O–H groups in total. The zero-order valence-corrected chi connectivity index (χ0v) is 10.9. The Labute approximate surface area is 86.5 Å². The fourth-order valence-corrected chi connectivity index (χ4v) is 9.12. The Morgan fingerprint density at radius 3 is 2.45 bits per heavy atom. The summed E-state index contributed by atoms with van der Waals surface area (Å²) in [6.07, 6.45) is 0. The van der Waals surface area contributed by atoms with Gasteiger partial charge in [0, 0.05) is 0 Å². The Kier molecular flexibility index (Phi) is 3.94. The Bertz CT molecular complexity index is 277. The standard InChI is InChI=1S/CH3Cl4N3P3/c1-9-6-10(4)8(3)11(5)7(9)2/h1H3/q+1. The maximum absolute atomic E-state index is 5.85. The topological polar surface area (TPSA) is 22.8 Å². The molecule has 1 aromatic heterocycles. The third-order valence-corrected chi connectivity index (χ3v) is 11.6. The van der Waals surface area contributed by atoms with E-state index in [9.17, 15) is 0 Å². The highest BCUT2D eigenvalue weighted by molar-refractivity contribution is 7.86. The summed E-state index contributed by atoms with van der Waals surface area (Å²) in [4.78, 5) is 0. The molecule has 0 aliphatic heterocycles. The first-order chi connectivity index (χ1) is 5.04. The SMILES string of the molecule is C[p+]1np(Cl)n(Cl)p(Cl)n1Cl. The van der Waals surface area contributed by atoms with Gasteiger partial charge in [-0.15, -0.1) is 0 Å². The highest BCUT2D eigenvalue weighted by Gasteiger charge is 2.16. The molecule has 0 aliphatic carbocycles. The molecule has 0 bridgehead atoms. The smallest absolute Gasteiger partial charge is 0.0842 e. The molecule has 0 saturated heterocycles. The number of aryl methyl sites for hydroxylation is 1. The average Bonchev–Trinajstić information content (AvgIpc) is 1.97. The van der Waals surface area contributed by atoms with Crippen LogP contribution in [0.4, 0.5) is 0 Å². The molecule has 0 aliphatic rings. The van der Waals surface area contributed by atoms with Crippen LogP contribution >= 0.6 is 68.3 Å². The van der Waals surface area contributed by atoms with Crippen LogP contribution in [-0.2, 0) is 6.66 Å². The molecule has 0 spiro atoms. The zero-order valence-electron chi connectivity index (χ0n) is 5.20. The van der Waals surface area contributed by atoms with Gasteiger partial charge in [0.2, 0.25) is 0 Å². The van der Waals surface area contributed by atoms with Crippen LogP contribution in [-0.4, -0.2) is 11.7 Å². The summed E-state index contributed by atoms with van der Waals surface area (Å²) in [5.41, 5.74) is 0. The summed E-state index contributed by atoms with van der Waals surface area (Å²) in [6.45, 7) is 1.88. The van der Waals surface area contributed by atoms with Crippen LogP contribution in [0, 0.1) is 0 Å². The van der Waals surface area contributed by atoms with E-state index in [0.717, 1.165) is 0 Å². The minimum absolute atomic E-state index is 0.767. The van der Waals surface area contributed by atoms with Gasteiger partial charge in [0.05, 0.1) is 52.7 Å². The van der Waals surface area contributed by atoms with Crippen molar-refractivity contribution >= 4 is 68.3 Å². The van der Waals surface area contributed by atoms with Crippen molar-refractivity contribution in [2.24, 2.45) is 6.66 Å². The van der Waals surface area contributed by atoms with E-state index in [1.54, 1.807) is 0 Å². The largest absolute Gasteiger partial charge is 0.294 e. The minimum Gasteiger partial charge on any atom is -0.0842 e. The summed E-state index contributed by atoms with van der Waals surface area (Å²) in [7, 11) is -3.12. The summed E-state index contributed by atoms with van der Waals surface area (Å²) < 4.78 is 6.82. The number of nitrogens with zero attached hydrogens (tertiary/aromatic N) is 3. The third kappa shape index (κ3) is 2.23. The second-order valence-corrected chi connectivity index (χ2v) is 9.86. The molecule has 0 saturated carbocycles. The lowest BCUT2D eigenvalue weighted by Gasteiger charge is -1.97. The predicted molar refractivity (Wildman–Crippen MR) is 56.4 cm³/mol. The van der Waals surface area contributed by atoms with Crippen molar-refractivity contribution in [2.45, 2.75) is 0 Å². The Morgan fingerprint density at radius 1 is 1.36 bits per heavy atom. The van der Waals surface area contributed by atoms with Crippen molar-refractivity contribution in [3.63, 3.8) is 0 Å². The molecule has 0 amide bonds. The van der Waals surface area contributed by atoms with Crippen LogP contribution in [0.5, 0.6) is 0 Å². The lowest BCUT2D eigenvalue weighted by molar-refractivity contribution is 1.49. The molecular formula is CH3Cl4N3P3+. The van der Waals surface area contributed by atoms with E-state index in [2.05, 4.69) is 4.51 Å². The molecule has 0 aromatic carbocycles. The maximum Gasteiger partial charge on any atom is 0.294 e. The molecule has 11 heavy (non-hydrogen) atoms. The van der Waals surface area contributed by atoms with Gasteiger partial charge in [-0.3, -0.25) is 0 Å². The van der Waals surface area contributed by atoms with E-state index < -0.39 is 22.3 Å². The third-order valence-electron chi connectivity index (χ3n) is 0.851. The van der Waals surface area contributed by atoms with E-state index in [0.29, 0.717) is 0 Å². The first kappa shape index (κ1) is 10.5. The molecule has 1 aromatic rings. The number of rotatable bonds is 0. The van der Waals surface area contributed by atoms with E-state index in [4.69, 9.17) is 46.0 Å². The van der Waals surface area contributed by atoms with Gasteiger partial charge in [0.1, 0.15) is 0 Å². The van der Waals surface area contributed by atoms with Crippen LogP contribution in [0.1, 0.15) is 0 Å². The van der Waals surface area contributed by atoms with Crippen molar-refractivity contribution < 1.29 is 0 Å². The second kappa shape index (κ2) is 4.11. The summed E-state index contributed by atoms with van der Waals surface area (Å²) in [5, 5.41) is 0. The lowest BCUT2D eigenvalue weighted by atomic mass is 12.0. The quantitative estimate of drug-likeness (QED) is 0.685. The Balaban J connectivity index is 3.46. The highest BCUT2D eigenvalue weighted by atomic mass is 35.7. The van der Waals surface area contributed by atoms with Crippen molar-refractivity contribution in [1.29, 1.82) is 0 Å². The molecule has 10 heteroatoms. The first-order valence-corrected chi connectivity index (χ1v) is 9.00. The fourth-order valence-electron chi connectivity index (χ4n) is 0.401. The highest BCUT2D eigenvalue weighted by Crippen LogP contribution is 2.49. The van der Waals surface area contributed by atoms with Crippen LogP contribution in [0.2, 0.25) is 0 Å². The van der Waals surface area contributed by atoms with Crippen molar-refractivity contribution in [2.75, 3.05) is 0 Å². The van der Waals surface area contributed by atoms with Gasteiger partial charge >= 0.3 is 0 Å². The van der Waals surface area contributed by atoms with Gasteiger partial charge in [-0.2, -0.15) is 0 Å². The van der Waals surface area contributed by atoms with Crippen molar-refractivity contribution in [1.82, 2.24) is 11.7 Å². The van der Waals surface area contributed by atoms with E-state index in [1.807, 2.05) is 6.66 Å². The van der Waals surface area contributed by atoms with E-state index in [1.165, 1.54) is 7.22 Å². The molecule has 3 atom stereocenters. The van der Waals surface area contributed by atoms with E-state index >= 15 is 0 Å². The number of aromatic nitrogens is 3. The molecule has 1 heterocycles. The molecular weight excluding hydrogens is 289 g/mol. The van der Waals surface area contributed by atoms with Crippen molar-refractivity contribution in [3.8, 4) is 0 Å². The summed E-state index contributed by atoms with van der Waals surface area (Å²) >= 11 is 23.1. The van der Waals surface area contributed by atoms with Gasteiger partial charge in [-0.1, -0.05) is 7.22 Å². The Hall–Kier alpha value is 1.46. The molecule has 0 radical (unpaired) electrons. The van der Waals surface area contributed by atoms with E-state index in [-0.39, 0.29) is 0 Å². The number of hydrogen-bond acceptors (Lipinski definition) is 1. The summed E-state index contributed by atoms with van der Waals surface area (Å²) in [6, 6.07) is 0. The average molecular weight is 292 g/mol. The normalized spacial score (nSPS) is 15.2. The van der Waals surface area contributed by atoms with Gasteiger partial charge in [-0.05, 0) is 4.51 Å². The minimum atomic E-state index is -1.19. The lowest BCUT2D eigenvalue weighted by Crippen LogP contribution is -1.82. The van der Waals surface area contributed by atoms with Crippen LogP contribution < -0.4 is 0 Å². The first-order valence-electron chi connectivity index (χ1n) is 2.32. The predicted octanol–water partition coefficient (Wildman–Crippen LogP) is 4.59. The molecule has 0 fully saturated rings. The monoisotopic (exact) mass is 290 g/mol. The molecule has 1 rings (SSSR count). The van der Waals surface area contributed by atoms with Gasteiger partial charge in [-0.25, -0.2) is 0 Å². The second-order valence-electron chi connectivity index (χ2n) is 1.54. The van der Waals surface area contributed by atoms with Crippen LogP contribution in [0.25, 0.3) is 0 Å². The molecule has 64 valence electrons. The maximum atomic E-state index is 5.85. The van der Waals surface area contributed by atoms with Crippen LogP contribution in [0.15, 0.2) is 0 Å². The number of halogens is 4. The molecule has 3 nitrogen and oxygen atoms in total. The van der Waals surface area contributed by atoms with Crippen LogP contribution in [0.3, 0.4) is 0 Å². The fraction of sp³-hybridized carbons (Fsp3) is 1.00. The molecule has 3 unspecified atom stereocenters. The van der Waals surface area contributed by atoms with Gasteiger partial charge in [0.15, 0.2) is 7.85 Å². The van der Waals surface area contributed by atoms with Gasteiger partial charge < -0.3 is 0 Å². The van der Waals surface area contributed by atoms with Gasteiger partial charge in [0.25, 0.3) is 14.4 Å². The Morgan fingerprint density at radius 2 is 1.91 bits per heavy atom. The zero-order chi connectivity index (χ0) is 8.59. The number of hydrogen-bond donors (Lipinski definition) is 0. The van der Waals surface area contributed by atoms with Crippen molar-refractivity contribution in [3.05, 3.63) is 0 Å². The summed E-state index contributed by atoms with van der Waals surface area (Å²) in [5.74, 6) is 0.